The molecule has 3 atom stereocenters. The Morgan fingerprint density at radius 1 is 1.35 bits per heavy atom. The summed E-state index contributed by atoms with van der Waals surface area (Å²) in [5.74, 6) is 0.342. The smallest absolute Gasteiger partial charge is 0.332 e. The number of rotatable bonds is 3. The highest BCUT2D eigenvalue weighted by atomic mass is 16.5. The maximum atomic E-state index is 12.0. The number of nitrogens with two attached hydrogens (primary N) is 1. The molecular weight excluding hydrogens is 220 g/mol. The van der Waals surface area contributed by atoms with Crippen molar-refractivity contribution in [3.05, 3.63) is 0 Å². The molecule has 3 unspecified atom stereocenters. The van der Waals surface area contributed by atoms with Gasteiger partial charge in [0.05, 0.1) is 6.61 Å². The number of hydrogen-bond donors (Lipinski definition) is 1. The van der Waals surface area contributed by atoms with Crippen LogP contribution in [0.5, 0.6) is 0 Å². The molecule has 0 aromatic carbocycles. The minimum Gasteiger partial charge on any atom is -0.464 e. The zero-order valence-electron chi connectivity index (χ0n) is 10.2. The molecule has 5 heteroatoms. The van der Waals surface area contributed by atoms with Crippen LogP contribution >= 0.6 is 0 Å². The van der Waals surface area contributed by atoms with Crippen molar-refractivity contribution in [1.82, 2.24) is 4.90 Å². The molecular formula is C12H20N2O3. The van der Waals surface area contributed by atoms with Gasteiger partial charge in [-0.05, 0) is 31.6 Å². The van der Waals surface area contributed by atoms with Gasteiger partial charge in [-0.15, -0.1) is 0 Å². The van der Waals surface area contributed by atoms with E-state index in [-0.39, 0.29) is 12.5 Å². The van der Waals surface area contributed by atoms with Gasteiger partial charge < -0.3 is 15.4 Å². The summed E-state index contributed by atoms with van der Waals surface area (Å²) in [5, 5.41) is 0. The van der Waals surface area contributed by atoms with Gasteiger partial charge in [-0.1, -0.05) is 6.42 Å². The highest BCUT2D eigenvalue weighted by Crippen LogP contribution is 2.37. The maximum absolute atomic E-state index is 12.0. The Morgan fingerprint density at radius 2 is 1.94 bits per heavy atom. The second-order valence-corrected chi connectivity index (χ2v) is 4.92. The summed E-state index contributed by atoms with van der Waals surface area (Å²) in [6.07, 6.45) is 3.66. The number of likely N-dealkylation sites (tertiary alicyclic amines) is 1. The topological polar surface area (TPSA) is 72.6 Å². The van der Waals surface area contributed by atoms with E-state index in [0.717, 1.165) is 13.1 Å². The van der Waals surface area contributed by atoms with E-state index in [1.165, 1.54) is 19.3 Å². The molecule has 2 N–H and O–H groups in total. The van der Waals surface area contributed by atoms with Gasteiger partial charge in [0.2, 0.25) is 0 Å². The average molecular weight is 240 g/mol. The summed E-state index contributed by atoms with van der Waals surface area (Å²) in [6.45, 7) is 3.48. The van der Waals surface area contributed by atoms with Crippen LogP contribution in [0.3, 0.4) is 0 Å². The molecule has 0 radical (unpaired) electrons. The number of carbonyl (C=O) groups is 2. The molecule has 1 heterocycles. The highest BCUT2D eigenvalue weighted by Gasteiger charge is 2.40. The molecule has 0 spiro atoms. The second-order valence-electron chi connectivity index (χ2n) is 4.92. The van der Waals surface area contributed by atoms with Crippen molar-refractivity contribution in [2.45, 2.75) is 32.2 Å². The van der Waals surface area contributed by atoms with Crippen LogP contribution in [-0.2, 0) is 14.3 Å². The molecule has 2 rings (SSSR count). The third kappa shape index (κ3) is 2.44. The van der Waals surface area contributed by atoms with E-state index in [0.29, 0.717) is 11.8 Å². The standard InChI is InChI=1S/C12H20N2O3/c1-2-17-12(16)10(13)11(15)14-6-8-4-3-5-9(8)7-14/h8-10H,2-7,13H2,1H3. The van der Waals surface area contributed by atoms with Crippen LogP contribution in [0.2, 0.25) is 0 Å². The number of ether oxygens (including phenoxy) is 1. The summed E-state index contributed by atoms with van der Waals surface area (Å²) in [5.41, 5.74) is 5.61. The Bertz CT molecular complexity index is 307. The van der Waals surface area contributed by atoms with Gasteiger partial charge in [0.25, 0.3) is 5.91 Å². The molecule has 0 aromatic heterocycles. The van der Waals surface area contributed by atoms with E-state index in [4.69, 9.17) is 10.5 Å². The lowest BCUT2D eigenvalue weighted by atomic mass is 10.0. The quantitative estimate of drug-likeness (QED) is 0.562. The molecule has 1 saturated heterocycles. The first kappa shape index (κ1) is 12.4. The number of amides is 1. The van der Waals surface area contributed by atoms with Crippen LogP contribution in [0, 0.1) is 11.8 Å². The van der Waals surface area contributed by atoms with Crippen molar-refractivity contribution >= 4 is 11.9 Å². The van der Waals surface area contributed by atoms with Crippen LogP contribution < -0.4 is 5.73 Å². The zero-order chi connectivity index (χ0) is 12.4. The fourth-order valence-corrected chi connectivity index (χ4v) is 2.94. The second kappa shape index (κ2) is 5.04. The number of fused-ring (bicyclic) bond motifs is 1. The van der Waals surface area contributed by atoms with Gasteiger partial charge in [-0.25, -0.2) is 4.79 Å². The lowest BCUT2D eigenvalue weighted by Crippen LogP contribution is -2.48. The van der Waals surface area contributed by atoms with E-state index >= 15 is 0 Å². The van der Waals surface area contributed by atoms with Crippen molar-refractivity contribution in [3.63, 3.8) is 0 Å². The Hall–Kier alpha value is -1.10. The molecule has 1 saturated carbocycles. The van der Waals surface area contributed by atoms with Crippen molar-refractivity contribution in [1.29, 1.82) is 0 Å². The molecule has 1 aliphatic carbocycles. The highest BCUT2D eigenvalue weighted by molar-refractivity contribution is 6.01. The van der Waals surface area contributed by atoms with E-state index in [1.54, 1.807) is 11.8 Å². The Balaban J connectivity index is 1.90. The van der Waals surface area contributed by atoms with Crippen molar-refractivity contribution in [3.8, 4) is 0 Å². The van der Waals surface area contributed by atoms with Gasteiger partial charge in [0.15, 0.2) is 6.04 Å². The molecule has 1 amide bonds. The number of esters is 1. The predicted molar refractivity (Wildman–Crippen MR) is 62.0 cm³/mol. The molecule has 2 fully saturated rings. The zero-order valence-corrected chi connectivity index (χ0v) is 10.2. The van der Waals surface area contributed by atoms with Crippen LogP contribution in [0.25, 0.3) is 0 Å². The van der Waals surface area contributed by atoms with Gasteiger partial charge in [0, 0.05) is 13.1 Å². The molecule has 5 nitrogen and oxygen atoms in total. The molecule has 0 bridgehead atoms. The van der Waals surface area contributed by atoms with Gasteiger partial charge >= 0.3 is 5.97 Å². The minimum absolute atomic E-state index is 0.255. The SMILES string of the molecule is CCOC(=O)C(N)C(=O)N1CC2CCCC2C1. The monoisotopic (exact) mass is 240 g/mol. The Morgan fingerprint density at radius 3 is 2.47 bits per heavy atom. The van der Waals surface area contributed by atoms with Crippen LogP contribution in [0.15, 0.2) is 0 Å². The van der Waals surface area contributed by atoms with E-state index in [2.05, 4.69) is 0 Å². The summed E-state index contributed by atoms with van der Waals surface area (Å²) in [6, 6.07) is -1.14. The molecule has 96 valence electrons. The lowest BCUT2D eigenvalue weighted by molar-refractivity contribution is -0.150. The fourth-order valence-electron chi connectivity index (χ4n) is 2.94. The van der Waals surface area contributed by atoms with E-state index in [9.17, 15) is 9.59 Å². The van der Waals surface area contributed by atoms with E-state index in [1.807, 2.05) is 0 Å². The summed E-state index contributed by atoms with van der Waals surface area (Å²) in [4.78, 5) is 25.1. The van der Waals surface area contributed by atoms with Gasteiger partial charge in [-0.2, -0.15) is 0 Å². The summed E-state index contributed by atoms with van der Waals surface area (Å²) >= 11 is 0. The van der Waals surface area contributed by atoms with Crippen LogP contribution in [0.1, 0.15) is 26.2 Å². The number of carbonyl (C=O) groups excluding carboxylic acids is 2. The van der Waals surface area contributed by atoms with E-state index < -0.39 is 12.0 Å². The largest absolute Gasteiger partial charge is 0.464 e. The molecule has 17 heavy (non-hydrogen) atoms. The van der Waals surface area contributed by atoms with Crippen LogP contribution in [-0.4, -0.2) is 42.5 Å². The van der Waals surface area contributed by atoms with Crippen molar-refractivity contribution in [2.75, 3.05) is 19.7 Å². The van der Waals surface area contributed by atoms with Crippen molar-refractivity contribution in [2.24, 2.45) is 17.6 Å². The molecule has 2 aliphatic rings. The Kier molecular flexibility index (Phi) is 3.66. The normalized spacial score (nSPS) is 28.9. The fraction of sp³-hybridized carbons (Fsp3) is 0.833. The summed E-state index contributed by atoms with van der Waals surface area (Å²) < 4.78 is 4.77. The lowest BCUT2D eigenvalue weighted by Gasteiger charge is -2.20. The Labute approximate surface area is 101 Å². The molecule has 0 aromatic rings. The third-order valence-corrected chi connectivity index (χ3v) is 3.84. The number of nitrogens with zero attached hydrogens (tertiary/aromatic N) is 1. The average Bonchev–Trinajstić information content (AvgIpc) is 2.87. The van der Waals surface area contributed by atoms with Gasteiger partial charge in [0.1, 0.15) is 0 Å². The summed E-state index contributed by atoms with van der Waals surface area (Å²) in [7, 11) is 0. The number of hydrogen-bond acceptors (Lipinski definition) is 4. The van der Waals surface area contributed by atoms with Crippen molar-refractivity contribution < 1.29 is 14.3 Å². The first-order chi connectivity index (χ1) is 8.13. The first-order valence-corrected chi connectivity index (χ1v) is 6.34. The minimum atomic E-state index is -1.14. The van der Waals surface area contributed by atoms with Gasteiger partial charge in [-0.3, -0.25) is 4.79 Å². The first-order valence-electron chi connectivity index (χ1n) is 6.34. The maximum Gasteiger partial charge on any atom is 0.332 e. The van der Waals surface area contributed by atoms with Crippen LogP contribution in [0.4, 0.5) is 0 Å². The third-order valence-electron chi connectivity index (χ3n) is 3.84. The molecule has 1 aliphatic heterocycles. The predicted octanol–water partition coefficient (Wildman–Crippen LogP) is 0.135.